The summed E-state index contributed by atoms with van der Waals surface area (Å²) >= 11 is 0. The van der Waals surface area contributed by atoms with E-state index >= 15 is 0 Å². The van der Waals surface area contributed by atoms with E-state index in [1.807, 2.05) is 26.0 Å². The highest BCUT2D eigenvalue weighted by Gasteiger charge is 2.45. The van der Waals surface area contributed by atoms with Gasteiger partial charge in [-0.1, -0.05) is 24.3 Å². The van der Waals surface area contributed by atoms with Crippen LogP contribution in [0.25, 0.3) is 0 Å². The second kappa shape index (κ2) is 6.23. The molecule has 0 bridgehead atoms. The number of carbonyl (C=O) groups excluding carboxylic acids is 1. The molecule has 2 fully saturated rings. The summed E-state index contributed by atoms with van der Waals surface area (Å²) < 4.78 is 11.0. The summed E-state index contributed by atoms with van der Waals surface area (Å²) in [5.41, 5.74) is 2.48. The van der Waals surface area contributed by atoms with Crippen LogP contribution in [0.4, 0.5) is 0 Å². The number of carbonyl (C=O) groups is 1. The summed E-state index contributed by atoms with van der Waals surface area (Å²) in [6.07, 6.45) is -0.267. The van der Waals surface area contributed by atoms with E-state index in [2.05, 4.69) is 24.4 Å². The molecule has 1 aromatic carbocycles. The number of aliphatic hydroxyl groups is 1. The van der Waals surface area contributed by atoms with Crippen molar-refractivity contribution in [3.05, 3.63) is 35.4 Å². The third kappa shape index (κ3) is 3.74. The van der Waals surface area contributed by atoms with Crippen LogP contribution in [0.2, 0.25) is 0 Å². The summed E-state index contributed by atoms with van der Waals surface area (Å²) in [6, 6.07) is 8.19. The number of ether oxygens (including phenoxy) is 2. The van der Waals surface area contributed by atoms with Gasteiger partial charge in [0.25, 0.3) is 0 Å². The van der Waals surface area contributed by atoms with Gasteiger partial charge in [0.05, 0.1) is 12.7 Å². The second-order valence-electron chi connectivity index (χ2n) is 6.98. The number of aliphatic hydroxyl groups excluding tert-OH is 1. The van der Waals surface area contributed by atoms with Gasteiger partial charge in [0.15, 0.2) is 5.79 Å². The number of amides is 1. The molecule has 1 aliphatic heterocycles. The van der Waals surface area contributed by atoms with E-state index in [0.717, 1.165) is 6.42 Å². The molecule has 2 aliphatic rings. The Morgan fingerprint density at radius 1 is 1.43 bits per heavy atom. The van der Waals surface area contributed by atoms with Crippen molar-refractivity contribution >= 4 is 5.91 Å². The number of hydrogen-bond donors (Lipinski definition) is 2. The number of hydrogen-bond acceptors (Lipinski definition) is 4. The zero-order valence-corrected chi connectivity index (χ0v) is 13.9. The predicted molar refractivity (Wildman–Crippen MR) is 85.9 cm³/mol. The molecular formula is C18H25NO4. The molecule has 1 aliphatic carbocycles. The average Bonchev–Trinajstić information content (AvgIpc) is 3.21. The van der Waals surface area contributed by atoms with Gasteiger partial charge in [-0.3, -0.25) is 4.79 Å². The first-order chi connectivity index (χ1) is 10.9. The molecule has 5 nitrogen and oxygen atoms in total. The summed E-state index contributed by atoms with van der Waals surface area (Å²) in [7, 11) is 0. The monoisotopic (exact) mass is 319 g/mol. The van der Waals surface area contributed by atoms with Crippen LogP contribution < -0.4 is 5.32 Å². The first kappa shape index (κ1) is 16.4. The first-order valence-electron chi connectivity index (χ1n) is 8.20. The van der Waals surface area contributed by atoms with Crippen LogP contribution in [0.15, 0.2) is 24.3 Å². The van der Waals surface area contributed by atoms with Crippen LogP contribution >= 0.6 is 0 Å². The lowest BCUT2D eigenvalue weighted by atomic mass is 10.0. The number of benzene rings is 1. The minimum Gasteiger partial charge on any atom is -0.388 e. The van der Waals surface area contributed by atoms with Crippen molar-refractivity contribution in [3.8, 4) is 0 Å². The highest BCUT2D eigenvalue weighted by molar-refractivity contribution is 5.83. The summed E-state index contributed by atoms with van der Waals surface area (Å²) in [6.45, 7) is 6.25. The highest BCUT2D eigenvalue weighted by Crippen LogP contribution is 2.48. The van der Waals surface area contributed by atoms with Gasteiger partial charge in [-0.2, -0.15) is 0 Å². The van der Waals surface area contributed by atoms with Gasteiger partial charge in [0, 0.05) is 12.5 Å². The minimum atomic E-state index is -0.753. The van der Waals surface area contributed by atoms with Gasteiger partial charge in [-0.25, -0.2) is 0 Å². The third-order valence-electron chi connectivity index (χ3n) is 4.66. The van der Waals surface area contributed by atoms with Crippen molar-refractivity contribution in [2.24, 2.45) is 5.92 Å². The second-order valence-corrected chi connectivity index (χ2v) is 6.98. The normalized spacial score (nSPS) is 30.0. The molecule has 3 rings (SSSR count). The molecule has 126 valence electrons. The van der Waals surface area contributed by atoms with Crippen LogP contribution in [-0.4, -0.2) is 42.2 Å². The molecule has 1 saturated heterocycles. The molecule has 5 heteroatoms. The molecule has 0 spiro atoms. The fourth-order valence-corrected chi connectivity index (χ4v) is 3.20. The largest absolute Gasteiger partial charge is 0.388 e. The van der Waals surface area contributed by atoms with E-state index in [9.17, 15) is 9.90 Å². The van der Waals surface area contributed by atoms with Crippen molar-refractivity contribution in [1.82, 2.24) is 5.32 Å². The minimum absolute atomic E-state index is 0.00970. The smallest absolute Gasteiger partial charge is 0.223 e. The standard InChI is InChI=1S/C18H25NO4/c1-11-6-4-5-7-12(11)13-8-14(13)17(21)19-9-15(20)16-10-22-18(2,3)23-16/h4-7,13-16,20H,8-10H2,1-3H3,(H,19,21)/t13-,14+,15?,16+/m0/s1. The molecule has 23 heavy (non-hydrogen) atoms. The molecule has 4 atom stereocenters. The Morgan fingerprint density at radius 2 is 2.17 bits per heavy atom. The van der Waals surface area contributed by atoms with Crippen molar-refractivity contribution in [3.63, 3.8) is 0 Å². The number of aryl methyl sites for hydroxylation is 1. The Bertz CT molecular complexity index is 586. The molecule has 0 aromatic heterocycles. The SMILES string of the molecule is Cc1ccccc1[C@@H]1C[C@H]1C(=O)NCC(O)[C@H]1COC(C)(C)O1. The molecule has 1 aromatic rings. The Kier molecular flexibility index (Phi) is 4.45. The highest BCUT2D eigenvalue weighted by atomic mass is 16.7. The fraction of sp³-hybridized carbons (Fsp3) is 0.611. The Hall–Kier alpha value is -1.43. The van der Waals surface area contributed by atoms with Crippen molar-refractivity contribution in [2.45, 2.75) is 51.1 Å². The quantitative estimate of drug-likeness (QED) is 0.867. The Labute approximate surface area is 137 Å². The van der Waals surface area contributed by atoms with Gasteiger partial charge in [-0.05, 0) is 44.2 Å². The van der Waals surface area contributed by atoms with Crippen LogP contribution in [0.1, 0.15) is 37.3 Å². The molecule has 2 N–H and O–H groups in total. The molecule has 1 heterocycles. The summed E-state index contributed by atoms with van der Waals surface area (Å²) in [5, 5.41) is 13.0. The molecule has 1 amide bonds. The lowest BCUT2D eigenvalue weighted by Gasteiger charge is -2.20. The molecule has 0 radical (unpaired) electrons. The van der Waals surface area contributed by atoms with Crippen molar-refractivity contribution in [2.75, 3.05) is 13.2 Å². The summed E-state index contributed by atoms with van der Waals surface area (Å²) in [4.78, 5) is 12.3. The molecule has 1 saturated carbocycles. The zero-order chi connectivity index (χ0) is 16.6. The van der Waals surface area contributed by atoms with Crippen molar-refractivity contribution < 1.29 is 19.4 Å². The maximum Gasteiger partial charge on any atom is 0.223 e. The van der Waals surface area contributed by atoms with Crippen LogP contribution in [0.5, 0.6) is 0 Å². The van der Waals surface area contributed by atoms with Gasteiger partial charge >= 0.3 is 0 Å². The van der Waals surface area contributed by atoms with E-state index < -0.39 is 18.0 Å². The third-order valence-corrected chi connectivity index (χ3v) is 4.66. The lowest BCUT2D eigenvalue weighted by molar-refractivity contribution is -0.150. The maximum atomic E-state index is 12.3. The summed E-state index contributed by atoms with van der Waals surface area (Å²) in [5.74, 6) is -0.337. The van der Waals surface area contributed by atoms with E-state index in [1.165, 1.54) is 11.1 Å². The number of rotatable bonds is 5. The van der Waals surface area contributed by atoms with Gasteiger partial charge < -0.3 is 19.9 Å². The van der Waals surface area contributed by atoms with E-state index in [1.54, 1.807) is 0 Å². The van der Waals surface area contributed by atoms with E-state index in [4.69, 9.17) is 9.47 Å². The lowest BCUT2D eigenvalue weighted by Crippen LogP contribution is -2.41. The van der Waals surface area contributed by atoms with Gasteiger partial charge in [0.2, 0.25) is 5.91 Å². The topological polar surface area (TPSA) is 67.8 Å². The van der Waals surface area contributed by atoms with E-state index in [-0.39, 0.29) is 18.4 Å². The van der Waals surface area contributed by atoms with Crippen LogP contribution in [-0.2, 0) is 14.3 Å². The average molecular weight is 319 g/mol. The van der Waals surface area contributed by atoms with Gasteiger partial charge in [0.1, 0.15) is 6.10 Å². The molecular weight excluding hydrogens is 294 g/mol. The van der Waals surface area contributed by atoms with Gasteiger partial charge in [-0.15, -0.1) is 0 Å². The maximum absolute atomic E-state index is 12.3. The van der Waals surface area contributed by atoms with Crippen molar-refractivity contribution in [1.29, 1.82) is 0 Å². The zero-order valence-electron chi connectivity index (χ0n) is 13.9. The number of nitrogens with one attached hydrogen (secondary N) is 1. The predicted octanol–water partition coefficient (Wildman–Crippen LogP) is 1.73. The molecule has 1 unspecified atom stereocenters. The Balaban J connectivity index is 1.47. The first-order valence-corrected chi connectivity index (χ1v) is 8.20. The fourth-order valence-electron chi connectivity index (χ4n) is 3.20. The van der Waals surface area contributed by atoms with E-state index in [0.29, 0.717) is 12.5 Å². The van der Waals surface area contributed by atoms with Crippen LogP contribution in [0.3, 0.4) is 0 Å². The van der Waals surface area contributed by atoms with Crippen LogP contribution in [0, 0.1) is 12.8 Å². The Morgan fingerprint density at radius 3 is 2.83 bits per heavy atom.